The molecule has 0 bridgehead atoms. The first-order chi connectivity index (χ1) is 14.8. The average molecular weight is 495 g/mol. The summed E-state index contributed by atoms with van der Waals surface area (Å²) in [6.07, 6.45) is 1.90. The Morgan fingerprint density at radius 3 is 2.32 bits per heavy atom. The van der Waals surface area contributed by atoms with Crippen molar-refractivity contribution in [3.63, 3.8) is 0 Å². The highest BCUT2D eigenvalue weighted by atomic mass is 35.5. The summed E-state index contributed by atoms with van der Waals surface area (Å²) in [5.41, 5.74) is 1.25. The number of benzene rings is 3. The summed E-state index contributed by atoms with van der Waals surface area (Å²) in [5, 5.41) is 3.49. The van der Waals surface area contributed by atoms with E-state index in [1.54, 1.807) is 42.5 Å². The number of nitrogens with zero attached hydrogens (tertiary/aromatic N) is 1. The van der Waals surface area contributed by atoms with Gasteiger partial charge in [0.2, 0.25) is 15.9 Å². The lowest BCUT2D eigenvalue weighted by Gasteiger charge is -2.22. The summed E-state index contributed by atoms with van der Waals surface area (Å²) in [5.74, 6) is -0.443. The summed E-state index contributed by atoms with van der Waals surface area (Å²) in [6.45, 7) is -0.397. The zero-order chi connectivity index (χ0) is 22.4. The predicted octanol–water partition coefficient (Wildman–Crippen LogP) is 5.54. The number of thioether (sulfide) groups is 1. The Morgan fingerprint density at radius 2 is 1.65 bits per heavy atom. The van der Waals surface area contributed by atoms with Crippen molar-refractivity contribution in [2.45, 2.75) is 16.3 Å². The van der Waals surface area contributed by atoms with E-state index in [4.69, 9.17) is 23.2 Å². The van der Waals surface area contributed by atoms with Gasteiger partial charge >= 0.3 is 0 Å². The van der Waals surface area contributed by atoms with Crippen LogP contribution < -0.4 is 5.32 Å². The number of amides is 1. The number of para-hydroxylation sites is 1. The quantitative estimate of drug-likeness (QED) is 0.417. The van der Waals surface area contributed by atoms with Gasteiger partial charge in [0.15, 0.2) is 0 Å². The molecule has 0 atom stereocenters. The van der Waals surface area contributed by atoms with Crippen LogP contribution in [0.1, 0.15) is 5.56 Å². The molecule has 162 valence electrons. The number of hydrogen-bond acceptors (Lipinski definition) is 4. The van der Waals surface area contributed by atoms with Gasteiger partial charge in [0.05, 0.1) is 27.2 Å². The normalized spacial score (nSPS) is 11.5. The van der Waals surface area contributed by atoms with Gasteiger partial charge in [-0.2, -0.15) is 4.31 Å². The van der Waals surface area contributed by atoms with E-state index in [2.05, 4.69) is 5.32 Å². The number of anilines is 1. The number of sulfonamides is 1. The van der Waals surface area contributed by atoms with Crippen LogP contribution in [-0.2, 0) is 21.4 Å². The lowest BCUT2D eigenvalue weighted by Crippen LogP contribution is -2.37. The Hall–Kier alpha value is -2.03. The van der Waals surface area contributed by atoms with Gasteiger partial charge in [-0.3, -0.25) is 4.79 Å². The van der Waals surface area contributed by atoms with Crippen LogP contribution in [0.5, 0.6) is 0 Å². The van der Waals surface area contributed by atoms with Gasteiger partial charge in [0, 0.05) is 11.4 Å². The van der Waals surface area contributed by atoms with Crippen molar-refractivity contribution in [3.8, 4) is 0 Å². The molecule has 0 aliphatic carbocycles. The van der Waals surface area contributed by atoms with E-state index in [0.717, 1.165) is 9.20 Å². The summed E-state index contributed by atoms with van der Waals surface area (Å²) >= 11 is 13.6. The largest absolute Gasteiger partial charge is 0.324 e. The molecular weight excluding hydrogens is 475 g/mol. The van der Waals surface area contributed by atoms with Gasteiger partial charge in [-0.05, 0) is 48.2 Å². The maximum absolute atomic E-state index is 13.3. The molecule has 31 heavy (non-hydrogen) atoms. The van der Waals surface area contributed by atoms with Gasteiger partial charge in [-0.15, -0.1) is 11.8 Å². The first-order valence-corrected chi connectivity index (χ1v) is 12.7. The van der Waals surface area contributed by atoms with E-state index in [-0.39, 0.29) is 18.0 Å². The Balaban J connectivity index is 1.89. The summed E-state index contributed by atoms with van der Waals surface area (Å²) in [6, 6.07) is 20.2. The third-order valence-corrected chi connectivity index (χ3v) is 7.77. The molecule has 0 aromatic heterocycles. The highest BCUT2D eigenvalue weighted by molar-refractivity contribution is 7.98. The van der Waals surface area contributed by atoms with E-state index in [0.29, 0.717) is 21.3 Å². The van der Waals surface area contributed by atoms with E-state index >= 15 is 0 Å². The first-order valence-electron chi connectivity index (χ1n) is 9.23. The fourth-order valence-electron chi connectivity index (χ4n) is 2.91. The van der Waals surface area contributed by atoms with E-state index in [1.165, 1.54) is 23.9 Å². The fourth-order valence-corrected chi connectivity index (χ4v) is 5.19. The number of carbonyl (C=O) groups is 1. The SMILES string of the molecule is CSc1ccccc1NC(=O)CN(Cc1ccc(Cl)c(Cl)c1)S(=O)(=O)c1ccccc1. The zero-order valence-electron chi connectivity index (χ0n) is 16.6. The Kier molecular flexibility index (Phi) is 8.02. The Labute approximate surface area is 196 Å². The molecule has 3 aromatic carbocycles. The molecule has 0 heterocycles. The minimum atomic E-state index is -3.93. The van der Waals surface area contributed by atoms with Crippen LogP contribution in [0.3, 0.4) is 0 Å². The summed E-state index contributed by atoms with van der Waals surface area (Å²) in [4.78, 5) is 13.8. The minimum Gasteiger partial charge on any atom is -0.324 e. The highest BCUT2D eigenvalue weighted by Crippen LogP contribution is 2.26. The van der Waals surface area contributed by atoms with E-state index in [9.17, 15) is 13.2 Å². The zero-order valence-corrected chi connectivity index (χ0v) is 19.7. The molecule has 9 heteroatoms. The smallest absolute Gasteiger partial charge is 0.243 e. The third kappa shape index (κ3) is 6.02. The molecule has 0 aliphatic rings. The van der Waals surface area contributed by atoms with Gasteiger partial charge in [0.25, 0.3) is 0 Å². The summed E-state index contributed by atoms with van der Waals surface area (Å²) in [7, 11) is -3.93. The molecule has 0 unspecified atom stereocenters. The first kappa shape index (κ1) is 23.6. The van der Waals surface area contributed by atoms with Crippen molar-refractivity contribution in [2.24, 2.45) is 0 Å². The maximum atomic E-state index is 13.3. The van der Waals surface area contributed by atoms with E-state index < -0.39 is 15.9 Å². The van der Waals surface area contributed by atoms with Gasteiger partial charge in [-0.1, -0.05) is 59.6 Å². The van der Waals surface area contributed by atoms with Crippen molar-refractivity contribution in [1.29, 1.82) is 0 Å². The van der Waals surface area contributed by atoms with Crippen LogP contribution in [0.25, 0.3) is 0 Å². The lowest BCUT2D eigenvalue weighted by atomic mass is 10.2. The molecule has 0 spiro atoms. The molecule has 5 nitrogen and oxygen atoms in total. The van der Waals surface area contributed by atoms with Gasteiger partial charge < -0.3 is 5.32 Å². The van der Waals surface area contributed by atoms with Crippen LogP contribution in [0.4, 0.5) is 5.69 Å². The minimum absolute atomic E-state index is 0.0360. The molecule has 0 aliphatic heterocycles. The van der Waals surface area contributed by atoms with Crippen LogP contribution in [0.2, 0.25) is 10.0 Å². The number of halogens is 2. The van der Waals surface area contributed by atoms with Crippen LogP contribution in [0, 0.1) is 0 Å². The fraction of sp³-hybridized carbons (Fsp3) is 0.136. The van der Waals surface area contributed by atoms with Gasteiger partial charge in [0.1, 0.15) is 0 Å². The van der Waals surface area contributed by atoms with Crippen molar-refractivity contribution < 1.29 is 13.2 Å². The second-order valence-corrected chi connectivity index (χ2v) is 10.2. The second-order valence-electron chi connectivity index (χ2n) is 6.58. The molecule has 0 saturated carbocycles. The number of hydrogen-bond donors (Lipinski definition) is 1. The van der Waals surface area contributed by atoms with Crippen molar-refractivity contribution in [2.75, 3.05) is 18.1 Å². The van der Waals surface area contributed by atoms with Crippen molar-refractivity contribution >= 4 is 56.6 Å². The highest BCUT2D eigenvalue weighted by Gasteiger charge is 2.27. The topological polar surface area (TPSA) is 66.5 Å². The van der Waals surface area contributed by atoms with Crippen LogP contribution >= 0.6 is 35.0 Å². The molecular formula is C22H20Cl2N2O3S2. The molecule has 1 amide bonds. The van der Waals surface area contributed by atoms with Crippen molar-refractivity contribution in [1.82, 2.24) is 4.31 Å². The molecule has 0 radical (unpaired) electrons. The number of rotatable bonds is 8. The maximum Gasteiger partial charge on any atom is 0.243 e. The average Bonchev–Trinajstić information content (AvgIpc) is 2.76. The molecule has 3 rings (SSSR count). The van der Waals surface area contributed by atoms with Crippen molar-refractivity contribution in [3.05, 3.63) is 88.4 Å². The number of carbonyl (C=O) groups excluding carboxylic acids is 1. The molecule has 1 N–H and O–H groups in total. The van der Waals surface area contributed by atoms with Gasteiger partial charge in [-0.25, -0.2) is 8.42 Å². The molecule has 0 saturated heterocycles. The predicted molar refractivity (Wildman–Crippen MR) is 127 cm³/mol. The summed E-state index contributed by atoms with van der Waals surface area (Å²) < 4.78 is 27.7. The monoisotopic (exact) mass is 494 g/mol. The molecule has 0 fully saturated rings. The van der Waals surface area contributed by atoms with Crippen LogP contribution in [-0.4, -0.2) is 31.4 Å². The van der Waals surface area contributed by atoms with Crippen LogP contribution in [0.15, 0.2) is 82.6 Å². The Morgan fingerprint density at radius 1 is 0.968 bits per heavy atom. The van der Waals surface area contributed by atoms with E-state index in [1.807, 2.05) is 24.5 Å². The third-order valence-electron chi connectivity index (χ3n) is 4.42. The number of nitrogens with one attached hydrogen (secondary N) is 1. The second kappa shape index (κ2) is 10.5. The lowest BCUT2D eigenvalue weighted by molar-refractivity contribution is -0.116. The Bertz CT molecular complexity index is 1170. The standard InChI is InChI=1S/C22H20Cl2N2O3S2/c1-30-21-10-6-5-9-20(21)25-22(27)15-26(14-16-11-12-18(23)19(24)13-16)31(28,29)17-7-3-2-4-8-17/h2-13H,14-15H2,1H3,(H,25,27). The molecule has 3 aromatic rings.